The van der Waals surface area contributed by atoms with Gasteiger partial charge in [0.05, 0.1) is 19.4 Å². The van der Waals surface area contributed by atoms with Crippen molar-refractivity contribution < 1.29 is 19.1 Å². The minimum Gasteiger partial charge on any atom is -0.464 e. The number of halogens is 1. The van der Waals surface area contributed by atoms with E-state index in [9.17, 15) is 9.59 Å². The first kappa shape index (κ1) is 21.2. The average molecular weight is 446 g/mol. The van der Waals surface area contributed by atoms with Gasteiger partial charge in [-0.1, -0.05) is 28.1 Å². The van der Waals surface area contributed by atoms with Crippen molar-refractivity contribution in [3.63, 3.8) is 0 Å². The molecule has 0 aliphatic carbocycles. The summed E-state index contributed by atoms with van der Waals surface area (Å²) < 4.78 is 10.8. The maximum atomic E-state index is 12.3. The van der Waals surface area contributed by atoms with Gasteiger partial charge in [-0.25, -0.2) is 9.59 Å². The van der Waals surface area contributed by atoms with Gasteiger partial charge in [-0.3, -0.25) is 4.98 Å². The summed E-state index contributed by atoms with van der Waals surface area (Å²) in [6.07, 6.45) is 4.38. The zero-order chi connectivity index (χ0) is 20.4. The first-order valence-electron chi connectivity index (χ1n) is 8.41. The van der Waals surface area contributed by atoms with Gasteiger partial charge in [0.1, 0.15) is 11.3 Å². The molecule has 28 heavy (non-hydrogen) atoms. The average Bonchev–Trinajstić information content (AvgIpc) is 2.71. The first-order chi connectivity index (χ1) is 13.5. The molecule has 0 saturated carbocycles. The molecule has 146 valence electrons. The van der Waals surface area contributed by atoms with Gasteiger partial charge in [-0.15, -0.1) is 0 Å². The third-order valence-corrected chi connectivity index (χ3v) is 3.91. The van der Waals surface area contributed by atoms with Gasteiger partial charge in [0.2, 0.25) is 0 Å². The van der Waals surface area contributed by atoms with Crippen LogP contribution in [0.3, 0.4) is 0 Å². The standard InChI is InChI=1S/C20H20BrN3O4/c1-3-28-19(25)16(17-9-4-5-10-22-17)12-24-18(20(26)27-2)13-23-15-8-6-7-14(21)11-15/h4-13,23-24H,3H2,1-2H3/b16-12-,18-13+. The van der Waals surface area contributed by atoms with E-state index in [2.05, 4.69) is 31.5 Å². The van der Waals surface area contributed by atoms with Crippen molar-refractivity contribution in [3.05, 3.63) is 76.9 Å². The van der Waals surface area contributed by atoms with Crippen molar-refractivity contribution in [1.29, 1.82) is 0 Å². The Bertz CT molecular complexity index is 882. The van der Waals surface area contributed by atoms with Crippen LogP contribution in [0.25, 0.3) is 5.57 Å². The molecular weight excluding hydrogens is 426 g/mol. The number of hydrogen-bond acceptors (Lipinski definition) is 7. The summed E-state index contributed by atoms with van der Waals surface area (Å²) in [5.41, 5.74) is 1.45. The van der Waals surface area contributed by atoms with E-state index in [1.165, 1.54) is 19.5 Å². The molecule has 0 radical (unpaired) electrons. The number of aromatic nitrogens is 1. The monoisotopic (exact) mass is 445 g/mol. The highest BCUT2D eigenvalue weighted by atomic mass is 79.9. The summed E-state index contributed by atoms with van der Waals surface area (Å²) in [5, 5.41) is 5.80. The second kappa shape index (κ2) is 10.9. The zero-order valence-electron chi connectivity index (χ0n) is 15.4. The van der Waals surface area contributed by atoms with Crippen LogP contribution in [-0.4, -0.2) is 30.6 Å². The Morgan fingerprint density at radius 1 is 1.14 bits per heavy atom. The molecule has 0 aliphatic rings. The summed E-state index contributed by atoms with van der Waals surface area (Å²) >= 11 is 3.38. The lowest BCUT2D eigenvalue weighted by molar-refractivity contribution is -0.137. The van der Waals surface area contributed by atoms with Crippen LogP contribution in [-0.2, 0) is 19.1 Å². The van der Waals surface area contributed by atoms with Crippen molar-refractivity contribution in [2.75, 3.05) is 19.0 Å². The number of carbonyl (C=O) groups is 2. The van der Waals surface area contributed by atoms with Crippen LogP contribution in [0.15, 0.2) is 71.2 Å². The van der Waals surface area contributed by atoms with Crippen molar-refractivity contribution >= 4 is 39.1 Å². The molecule has 1 aromatic carbocycles. The topological polar surface area (TPSA) is 89.6 Å². The van der Waals surface area contributed by atoms with E-state index < -0.39 is 11.9 Å². The van der Waals surface area contributed by atoms with E-state index in [1.807, 2.05) is 24.3 Å². The fraction of sp³-hybridized carbons (Fsp3) is 0.150. The highest BCUT2D eigenvalue weighted by molar-refractivity contribution is 9.10. The normalized spacial score (nSPS) is 11.5. The molecule has 1 heterocycles. The van der Waals surface area contributed by atoms with Crippen LogP contribution in [0.5, 0.6) is 0 Å². The third-order valence-electron chi connectivity index (χ3n) is 3.42. The molecule has 8 heteroatoms. The molecule has 0 bridgehead atoms. The van der Waals surface area contributed by atoms with Crippen LogP contribution < -0.4 is 10.6 Å². The number of nitrogens with one attached hydrogen (secondary N) is 2. The Hall–Kier alpha value is -3.13. The van der Waals surface area contributed by atoms with Gasteiger partial charge < -0.3 is 20.1 Å². The molecule has 0 saturated heterocycles. The molecule has 2 rings (SSSR count). The van der Waals surface area contributed by atoms with Crippen LogP contribution in [0.1, 0.15) is 12.6 Å². The molecule has 0 spiro atoms. The summed E-state index contributed by atoms with van der Waals surface area (Å²) in [6.45, 7) is 1.93. The molecule has 1 aromatic heterocycles. The molecule has 0 amide bonds. The Morgan fingerprint density at radius 3 is 2.61 bits per heavy atom. The Labute approximate surface area is 171 Å². The van der Waals surface area contributed by atoms with Crippen LogP contribution >= 0.6 is 15.9 Å². The number of pyridine rings is 1. The predicted molar refractivity (Wildman–Crippen MR) is 110 cm³/mol. The highest BCUT2D eigenvalue weighted by Gasteiger charge is 2.16. The van der Waals surface area contributed by atoms with Crippen LogP contribution in [0.2, 0.25) is 0 Å². The lowest BCUT2D eigenvalue weighted by Crippen LogP contribution is -2.20. The number of rotatable bonds is 8. The predicted octanol–water partition coefficient (Wildman–Crippen LogP) is 3.46. The quantitative estimate of drug-likeness (QED) is 0.474. The molecule has 2 N–H and O–H groups in total. The van der Waals surface area contributed by atoms with E-state index >= 15 is 0 Å². The maximum Gasteiger partial charge on any atom is 0.355 e. The molecule has 0 fully saturated rings. The van der Waals surface area contributed by atoms with E-state index in [0.29, 0.717) is 5.69 Å². The van der Waals surface area contributed by atoms with Gasteiger partial charge in [0.25, 0.3) is 0 Å². The van der Waals surface area contributed by atoms with E-state index in [-0.39, 0.29) is 17.9 Å². The van der Waals surface area contributed by atoms with Crippen molar-refractivity contribution in [1.82, 2.24) is 10.3 Å². The number of methoxy groups -OCH3 is 1. The van der Waals surface area contributed by atoms with E-state index in [0.717, 1.165) is 10.2 Å². The largest absolute Gasteiger partial charge is 0.464 e. The molecule has 2 aromatic rings. The Balaban J connectivity index is 2.28. The first-order valence-corrected chi connectivity index (χ1v) is 9.20. The van der Waals surface area contributed by atoms with Gasteiger partial charge in [-0.2, -0.15) is 0 Å². The smallest absolute Gasteiger partial charge is 0.355 e. The van der Waals surface area contributed by atoms with Crippen molar-refractivity contribution in [2.24, 2.45) is 0 Å². The SMILES string of the molecule is CCOC(=O)/C(=C\N/C(=C/Nc1cccc(Br)c1)C(=O)OC)c1ccccn1. The molecule has 0 aliphatic heterocycles. The highest BCUT2D eigenvalue weighted by Crippen LogP contribution is 2.16. The van der Waals surface area contributed by atoms with Gasteiger partial charge in [-0.05, 0) is 37.3 Å². The van der Waals surface area contributed by atoms with Gasteiger partial charge in [0, 0.05) is 28.8 Å². The number of anilines is 1. The molecule has 7 nitrogen and oxygen atoms in total. The third kappa shape index (κ3) is 6.24. The number of esters is 2. The fourth-order valence-corrected chi connectivity index (χ4v) is 2.52. The molecular formula is C20H20BrN3O4. The number of ether oxygens (including phenoxy) is 2. The van der Waals surface area contributed by atoms with Gasteiger partial charge >= 0.3 is 11.9 Å². The number of benzene rings is 1. The lowest BCUT2D eigenvalue weighted by atomic mass is 10.2. The number of carbonyl (C=O) groups excluding carboxylic acids is 2. The summed E-state index contributed by atoms with van der Waals surface area (Å²) in [4.78, 5) is 28.5. The Morgan fingerprint density at radius 2 is 1.96 bits per heavy atom. The second-order valence-corrected chi connectivity index (χ2v) is 6.26. The minimum absolute atomic E-state index is 0.0974. The van der Waals surface area contributed by atoms with E-state index in [4.69, 9.17) is 9.47 Å². The van der Waals surface area contributed by atoms with Crippen molar-refractivity contribution in [3.8, 4) is 0 Å². The molecule has 0 unspecified atom stereocenters. The minimum atomic E-state index is -0.608. The number of nitrogens with zero attached hydrogens (tertiary/aromatic N) is 1. The lowest BCUT2D eigenvalue weighted by Gasteiger charge is -2.10. The number of hydrogen-bond donors (Lipinski definition) is 2. The second-order valence-electron chi connectivity index (χ2n) is 5.34. The summed E-state index contributed by atoms with van der Waals surface area (Å²) in [7, 11) is 1.27. The summed E-state index contributed by atoms with van der Waals surface area (Å²) in [6, 6.07) is 12.6. The summed E-state index contributed by atoms with van der Waals surface area (Å²) in [5.74, 6) is -1.17. The van der Waals surface area contributed by atoms with Crippen molar-refractivity contribution in [2.45, 2.75) is 6.92 Å². The van der Waals surface area contributed by atoms with Crippen LogP contribution in [0.4, 0.5) is 5.69 Å². The fourth-order valence-electron chi connectivity index (χ4n) is 2.12. The zero-order valence-corrected chi connectivity index (χ0v) is 17.0. The maximum absolute atomic E-state index is 12.3. The Kier molecular flexibility index (Phi) is 8.23. The van der Waals surface area contributed by atoms with Crippen LogP contribution in [0, 0.1) is 0 Å². The van der Waals surface area contributed by atoms with Gasteiger partial charge in [0.15, 0.2) is 0 Å². The molecule has 0 atom stereocenters. The van der Waals surface area contributed by atoms with E-state index in [1.54, 1.807) is 31.3 Å².